The Morgan fingerprint density at radius 3 is 2.18 bits per heavy atom. The van der Waals surface area contributed by atoms with Gasteiger partial charge in [-0.1, -0.05) is 62.4 Å². The summed E-state index contributed by atoms with van der Waals surface area (Å²) in [6.45, 7) is 13.5. The summed E-state index contributed by atoms with van der Waals surface area (Å²) >= 11 is 0. The average molecular weight is 522 g/mol. The highest BCUT2D eigenvalue weighted by molar-refractivity contribution is 5.92. The van der Waals surface area contributed by atoms with Crippen LogP contribution in [-0.4, -0.2) is 40.5 Å². The quantitative estimate of drug-likeness (QED) is 0.450. The predicted molar refractivity (Wildman–Crippen MR) is 149 cm³/mol. The van der Waals surface area contributed by atoms with Crippen LogP contribution < -0.4 is 10.6 Å². The molecule has 2 aromatic rings. The zero-order chi connectivity index (χ0) is 28.0. The number of alkyl carbamates (subject to hydrolysis) is 1. The molecule has 3 rings (SSSR count). The fourth-order valence-electron chi connectivity index (χ4n) is 4.55. The Hall–Kier alpha value is -3.35. The average Bonchev–Trinajstić information content (AvgIpc) is 2.80. The first-order valence-corrected chi connectivity index (χ1v) is 13.6. The number of nitrogens with one attached hydrogen (secondary N) is 2. The van der Waals surface area contributed by atoms with Crippen LogP contribution >= 0.6 is 0 Å². The smallest absolute Gasteiger partial charge is 0.408 e. The summed E-state index contributed by atoms with van der Waals surface area (Å²) in [4.78, 5) is 42.5. The highest BCUT2D eigenvalue weighted by atomic mass is 16.6. The molecule has 7 nitrogen and oxygen atoms in total. The second-order valence-corrected chi connectivity index (χ2v) is 11.6. The normalized spacial score (nSPS) is 15.3. The van der Waals surface area contributed by atoms with E-state index in [4.69, 9.17) is 4.74 Å². The molecule has 0 heterocycles. The number of aryl methyl sites for hydroxylation is 2. The maximum atomic E-state index is 14.2. The molecule has 0 aliphatic heterocycles. The van der Waals surface area contributed by atoms with Gasteiger partial charge in [0.05, 0.1) is 0 Å². The number of amides is 3. The standard InChI is InChI=1S/C31H43N3O4/c1-20(2)26(33-30(37)38-31(5,6)7)29(36)34(25-14-11-15-25)27(24-17-16-21(3)22(4)18-24)28(35)32-19-23-12-9-8-10-13-23/h8-10,12-13,16-18,20,25-27H,11,14-15,19H2,1-7H3,(H,32,35)(H,33,37). The van der Waals surface area contributed by atoms with Crippen molar-refractivity contribution in [3.05, 3.63) is 70.8 Å². The third kappa shape index (κ3) is 7.59. The first-order chi connectivity index (χ1) is 17.9. The van der Waals surface area contributed by atoms with Crippen LogP contribution in [0.2, 0.25) is 0 Å². The van der Waals surface area contributed by atoms with Crippen molar-refractivity contribution in [2.24, 2.45) is 5.92 Å². The number of ether oxygens (including phenoxy) is 1. The van der Waals surface area contributed by atoms with Crippen molar-refractivity contribution in [3.8, 4) is 0 Å². The van der Waals surface area contributed by atoms with E-state index in [1.807, 2.05) is 76.2 Å². The first kappa shape index (κ1) is 29.2. The topological polar surface area (TPSA) is 87.7 Å². The van der Waals surface area contributed by atoms with Crippen LogP contribution in [0.4, 0.5) is 4.79 Å². The summed E-state index contributed by atoms with van der Waals surface area (Å²) in [7, 11) is 0. The molecule has 2 N–H and O–H groups in total. The molecular formula is C31H43N3O4. The maximum Gasteiger partial charge on any atom is 0.408 e. The number of nitrogens with zero attached hydrogens (tertiary/aromatic N) is 1. The number of carbonyl (C=O) groups is 3. The predicted octanol–water partition coefficient (Wildman–Crippen LogP) is 5.59. The number of carbonyl (C=O) groups excluding carboxylic acids is 3. The van der Waals surface area contributed by atoms with Gasteiger partial charge in [-0.15, -0.1) is 0 Å². The van der Waals surface area contributed by atoms with Gasteiger partial charge in [0.2, 0.25) is 11.8 Å². The third-order valence-electron chi connectivity index (χ3n) is 7.01. The van der Waals surface area contributed by atoms with Gasteiger partial charge in [0.1, 0.15) is 17.7 Å². The molecular weight excluding hydrogens is 478 g/mol. The van der Waals surface area contributed by atoms with E-state index in [9.17, 15) is 14.4 Å². The van der Waals surface area contributed by atoms with E-state index in [1.54, 1.807) is 25.7 Å². The molecule has 2 atom stereocenters. The second-order valence-electron chi connectivity index (χ2n) is 11.6. The fraction of sp³-hybridized carbons (Fsp3) is 0.516. The molecule has 7 heteroatoms. The van der Waals surface area contributed by atoms with Crippen molar-refractivity contribution < 1.29 is 19.1 Å². The van der Waals surface area contributed by atoms with E-state index >= 15 is 0 Å². The molecule has 0 aromatic heterocycles. The van der Waals surface area contributed by atoms with E-state index in [-0.39, 0.29) is 23.8 Å². The van der Waals surface area contributed by atoms with Crippen LogP contribution in [0.25, 0.3) is 0 Å². The van der Waals surface area contributed by atoms with Crippen molar-refractivity contribution in [1.82, 2.24) is 15.5 Å². The van der Waals surface area contributed by atoms with Crippen LogP contribution in [0.5, 0.6) is 0 Å². The lowest BCUT2D eigenvalue weighted by atomic mass is 9.87. The molecule has 2 unspecified atom stereocenters. The molecule has 0 saturated heterocycles. The molecule has 2 aromatic carbocycles. The number of benzene rings is 2. The molecule has 0 bridgehead atoms. The third-order valence-corrected chi connectivity index (χ3v) is 7.01. The zero-order valence-corrected chi connectivity index (χ0v) is 23.8. The zero-order valence-electron chi connectivity index (χ0n) is 23.8. The van der Waals surface area contributed by atoms with Crippen molar-refractivity contribution in [3.63, 3.8) is 0 Å². The SMILES string of the molecule is Cc1ccc(C(C(=O)NCc2ccccc2)N(C(=O)C(NC(=O)OC(C)(C)C)C(C)C)C2CCC2)cc1C. The van der Waals surface area contributed by atoms with Crippen LogP contribution in [0.15, 0.2) is 48.5 Å². The lowest BCUT2D eigenvalue weighted by Gasteiger charge is -2.44. The molecule has 3 amide bonds. The van der Waals surface area contributed by atoms with E-state index in [1.165, 1.54) is 0 Å². The van der Waals surface area contributed by atoms with Gasteiger partial charge in [-0.2, -0.15) is 0 Å². The summed E-state index contributed by atoms with van der Waals surface area (Å²) in [6.07, 6.45) is 1.98. The molecule has 1 fully saturated rings. The van der Waals surface area contributed by atoms with Crippen LogP contribution in [0, 0.1) is 19.8 Å². The highest BCUT2D eigenvalue weighted by Crippen LogP contribution is 2.35. The van der Waals surface area contributed by atoms with Crippen LogP contribution in [0.3, 0.4) is 0 Å². The molecule has 1 aliphatic rings. The van der Waals surface area contributed by atoms with Gasteiger partial charge in [-0.3, -0.25) is 9.59 Å². The van der Waals surface area contributed by atoms with Gasteiger partial charge in [0.25, 0.3) is 0 Å². The molecule has 38 heavy (non-hydrogen) atoms. The van der Waals surface area contributed by atoms with Crippen molar-refractivity contribution in [1.29, 1.82) is 0 Å². The van der Waals surface area contributed by atoms with E-state index in [2.05, 4.69) is 10.6 Å². The minimum atomic E-state index is -0.832. The Bertz CT molecular complexity index is 1120. The Balaban J connectivity index is 1.98. The van der Waals surface area contributed by atoms with Gasteiger partial charge in [0.15, 0.2) is 0 Å². The molecule has 0 spiro atoms. The Labute approximate surface area is 227 Å². The molecule has 0 radical (unpaired) electrons. The van der Waals surface area contributed by atoms with Crippen molar-refractivity contribution in [2.75, 3.05) is 0 Å². The van der Waals surface area contributed by atoms with Gasteiger partial charge in [-0.05, 0) is 82.1 Å². The van der Waals surface area contributed by atoms with Crippen molar-refractivity contribution >= 4 is 17.9 Å². The summed E-state index contributed by atoms with van der Waals surface area (Å²) in [5.41, 5.74) is 3.22. The Kier molecular flexibility index (Phi) is 9.58. The maximum absolute atomic E-state index is 14.2. The highest BCUT2D eigenvalue weighted by Gasteiger charge is 2.42. The van der Waals surface area contributed by atoms with Gasteiger partial charge < -0.3 is 20.3 Å². The Morgan fingerprint density at radius 2 is 1.66 bits per heavy atom. The lowest BCUT2D eigenvalue weighted by Crippen LogP contribution is -2.58. The van der Waals surface area contributed by atoms with Gasteiger partial charge in [-0.25, -0.2) is 4.79 Å². The monoisotopic (exact) mass is 521 g/mol. The van der Waals surface area contributed by atoms with E-state index in [0.29, 0.717) is 6.54 Å². The molecule has 206 valence electrons. The van der Waals surface area contributed by atoms with Gasteiger partial charge in [0, 0.05) is 12.6 Å². The summed E-state index contributed by atoms with van der Waals surface area (Å²) in [5.74, 6) is -0.712. The lowest BCUT2D eigenvalue weighted by molar-refractivity contribution is -0.148. The number of rotatable bonds is 9. The number of hydrogen-bond donors (Lipinski definition) is 2. The second kappa shape index (κ2) is 12.5. The summed E-state index contributed by atoms with van der Waals surface area (Å²) in [5, 5.41) is 5.86. The summed E-state index contributed by atoms with van der Waals surface area (Å²) in [6, 6.07) is 13.9. The minimum absolute atomic E-state index is 0.0849. The summed E-state index contributed by atoms with van der Waals surface area (Å²) < 4.78 is 5.46. The molecule has 1 aliphatic carbocycles. The largest absolute Gasteiger partial charge is 0.444 e. The van der Waals surface area contributed by atoms with E-state index < -0.39 is 23.8 Å². The Morgan fingerprint density at radius 1 is 1.00 bits per heavy atom. The van der Waals surface area contributed by atoms with Gasteiger partial charge >= 0.3 is 6.09 Å². The van der Waals surface area contributed by atoms with Crippen LogP contribution in [-0.2, 0) is 20.9 Å². The van der Waals surface area contributed by atoms with Crippen molar-refractivity contribution in [2.45, 2.75) is 98.0 Å². The van der Waals surface area contributed by atoms with E-state index in [0.717, 1.165) is 41.5 Å². The minimum Gasteiger partial charge on any atom is -0.444 e. The fourth-order valence-corrected chi connectivity index (χ4v) is 4.55. The number of hydrogen-bond acceptors (Lipinski definition) is 4. The first-order valence-electron chi connectivity index (χ1n) is 13.6. The van der Waals surface area contributed by atoms with Crippen LogP contribution in [0.1, 0.15) is 82.2 Å². The molecule has 1 saturated carbocycles.